The van der Waals surface area contributed by atoms with E-state index in [0.29, 0.717) is 12.1 Å². The molecule has 0 amide bonds. The minimum atomic E-state index is -0.0904. The first-order valence-electron chi connectivity index (χ1n) is 7.03. The Balaban J connectivity index is 1.98. The molecule has 1 fully saturated rings. The average molecular weight is 358 g/mol. The molecule has 108 valence electrons. The Kier molecular flexibility index (Phi) is 4.07. The molecule has 1 aromatic carbocycles. The molecule has 2 aromatic rings. The molecule has 20 heavy (non-hydrogen) atoms. The van der Waals surface area contributed by atoms with E-state index in [2.05, 4.69) is 32.6 Å². The number of halogens is 2. The molecule has 1 aliphatic rings. The Hall–Kier alpha value is -0.580. The molecule has 0 aliphatic heterocycles. The van der Waals surface area contributed by atoms with Gasteiger partial charge in [-0.15, -0.1) is 11.6 Å². The zero-order valence-electron chi connectivity index (χ0n) is 11.6. The summed E-state index contributed by atoms with van der Waals surface area (Å²) in [7, 11) is 0. The average Bonchev–Trinajstić information content (AvgIpc) is 2.71. The third-order valence-electron chi connectivity index (χ3n) is 3.87. The summed E-state index contributed by atoms with van der Waals surface area (Å²) in [5.41, 5.74) is 2.16. The molecule has 0 bridgehead atoms. The van der Waals surface area contributed by atoms with Gasteiger partial charge in [0.05, 0.1) is 22.5 Å². The molecule has 0 spiro atoms. The van der Waals surface area contributed by atoms with Gasteiger partial charge in [0.2, 0.25) is 0 Å². The fourth-order valence-electron chi connectivity index (χ4n) is 2.88. The summed E-state index contributed by atoms with van der Waals surface area (Å²) in [4.78, 5) is 4.71. The van der Waals surface area contributed by atoms with Gasteiger partial charge >= 0.3 is 0 Å². The van der Waals surface area contributed by atoms with Crippen LogP contribution in [0.25, 0.3) is 11.0 Å². The number of alkyl halides is 1. The minimum Gasteiger partial charge on any atom is -0.378 e. The first-order valence-corrected chi connectivity index (χ1v) is 8.26. The van der Waals surface area contributed by atoms with Crippen molar-refractivity contribution in [3.63, 3.8) is 0 Å². The van der Waals surface area contributed by atoms with Crippen molar-refractivity contribution in [2.24, 2.45) is 0 Å². The maximum Gasteiger partial charge on any atom is 0.127 e. The summed E-state index contributed by atoms with van der Waals surface area (Å²) in [6.45, 7) is 4.81. The van der Waals surface area contributed by atoms with Crippen molar-refractivity contribution in [3.05, 3.63) is 28.5 Å². The smallest absolute Gasteiger partial charge is 0.127 e. The second kappa shape index (κ2) is 5.66. The third kappa shape index (κ3) is 2.49. The highest BCUT2D eigenvalue weighted by atomic mass is 79.9. The Labute approximate surface area is 132 Å². The molecule has 1 saturated carbocycles. The Morgan fingerprint density at radius 2 is 2.25 bits per heavy atom. The predicted octanol–water partition coefficient (Wildman–Crippen LogP) is 4.84. The van der Waals surface area contributed by atoms with Crippen molar-refractivity contribution in [2.45, 2.75) is 44.2 Å². The lowest BCUT2D eigenvalue weighted by Gasteiger charge is -2.37. The van der Waals surface area contributed by atoms with Crippen molar-refractivity contribution >= 4 is 38.6 Å². The van der Waals surface area contributed by atoms with Crippen LogP contribution in [0.2, 0.25) is 0 Å². The number of benzene rings is 1. The molecular formula is C15H18BrClN2O. The largest absolute Gasteiger partial charge is 0.378 e. The second-order valence-electron chi connectivity index (χ2n) is 5.29. The molecule has 0 radical (unpaired) electrons. The highest BCUT2D eigenvalue weighted by Gasteiger charge is 2.34. The normalized spacial score (nSPS) is 23.8. The second-order valence-corrected chi connectivity index (χ2v) is 6.86. The van der Waals surface area contributed by atoms with Crippen molar-refractivity contribution in [3.8, 4) is 0 Å². The summed E-state index contributed by atoms with van der Waals surface area (Å²) in [5.74, 6) is 0.958. The Morgan fingerprint density at radius 3 is 2.90 bits per heavy atom. The number of rotatable bonds is 4. The first kappa shape index (κ1) is 14.4. The van der Waals surface area contributed by atoms with Crippen LogP contribution in [0.4, 0.5) is 0 Å². The summed E-state index contributed by atoms with van der Waals surface area (Å²) >= 11 is 9.82. The lowest BCUT2D eigenvalue weighted by molar-refractivity contribution is -0.0193. The lowest BCUT2D eigenvalue weighted by atomic mass is 9.88. The van der Waals surface area contributed by atoms with Crippen LogP contribution in [-0.4, -0.2) is 22.3 Å². The standard InChI is InChI=1S/C15H18BrClN2O/c1-3-20-12-7-11(8-12)19-14-5-4-10(16)6-13(14)18-15(19)9(2)17/h4-6,9,11-12H,3,7-8H2,1-2H3. The van der Waals surface area contributed by atoms with E-state index in [1.807, 2.05) is 19.9 Å². The summed E-state index contributed by atoms with van der Waals surface area (Å²) in [5, 5.41) is -0.0904. The maximum absolute atomic E-state index is 6.32. The van der Waals surface area contributed by atoms with Gasteiger partial charge in [0, 0.05) is 17.1 Å². The van der Waals surface area contributed by atoms with Gasteiger partial charge in [0.15, 0.2) is 0 Å². The SMILES string of the molecule is CCOC1CC(n2c(C(C)Cl)nc3cc(Br)ccc32)C1. The Morgan fingerprint density at radius 1 is 1.50 bits per heavy atom. The van der Waals surface area contributed by atoms with Gasteiger partial charge in [-0.1, -0.05) is 15.9 Å². The molecule has 1 aliphatic carbocycles. The van der Waals surface area contributed by atoms with Crippen molar-refractivity contribution in [2.75, 3.05) is 6.61 Å². The van der Waals surface area contributed by atoms with E-state index in [4.69, 9.17) is 21.3 Å². The van der Waals surface area contributed by atoms with Crippen LogP contribution in [0.3, 0.4) is 0 Å². The highest BCUT2D eigenvalue weighted by Crippen LogP contribution is 2.40. The van der Waals surface area contributed by atoms with E-state index in [1.54, 1.807) is 0 Å². The molecule has 1 atom stereocenters. The van der Waals surface area contributed by atoms with Crippen LogP contribution in [0.15, 0.2) is 22.7 Å². The van der Waals surface area contributed by atoms with Gasteiger partial charge in [-0.05, 0) is 44.9 Å². The van der Waals surface area contributed by atoms with E-state index in [9.17, 15) is 0 Å². The fourth-order valence-corrected chi connectivity index (χ4v) is 3.38. The summed E-state index contributed by atoms with van der Waals surface area (Å²) in [6.07, 6.45) is 2.48. The van der Waals surface area contributed by atoms with E-state index in [0.717, 1.165) is 40.8 Å². The van der Waals surface area contributed by atoms with E-state index in [1.165, 1.54) is 0 Å². The molecular weight excluding hydrogens is 340 g/mol. The number of ether oxygens (including phenoxy) is 1. The van der Waals surface area contributed by atoms with Crippen LogP contribution in [0.1, 0.15) is 43.9 Å². The Bertz CT molecular complexity index is 620. The van der Waals surface area contributed by atoms with Gasteiger partial charge in [-0.2, -0.15) is 0 Å². The quantitative estimate of drug-likeness (QED) is 0.732. The van der Waals surface area contributed by atoms with Crippen molar-refractivity contribution in [1.29, 1.82) is 0 Å². The number of imidazole rings is 1. The molecule has 0 N–H and O–H groups in total. The number of nitrogens with zero attached hydrogens (tertiary/aromatic N) is 2. The van der Waals surface area contributed by atoms with Crippen LogP contribution < -0.4 is 0 Å². The van der Waals surface area contributed by atoms with Crippen LogP contribution >= 0.6 is 27.5 Å². The van der Waals surface area contributed by atoms with Gasteiger partial charge in [0.25, 0.3) is 0 Å². The van der Waals surface area contributed by atoms with E-state index < -0.39 is 0 Å². The molecule has 5 heteroatoms. The van der Waals surface area contributed by atoms with Gasteiger partial charge in [0.1, 0.15) is 5.82 Å². The monoisotopic (exact) mass is 356 g/mol. The third-order valence-corrected chi connectivity index (χ3v) is 4.56. The number of hydrogen-bond donors (Lipinski definition) is 0. The van der Waals surface area contributed by atoms with Gasteiger partial charge in [-0.3, -0.25) is 0 Å². The van der Waals surface area contributed by atoms with Crippen molar-refractivity contribution in [1.82, 2.24) is 9.55 Å². The van der Waals surface area contributed by atoms with Crippen LogP contribution in [0, 0.1) is 0 Å². The maximum atomic E-state index is 6.32. The summed E-state index contributed by atoms with van der Waals surface area (Å²) < 4.78 is 9.01. The zero-order chi connectivity index (χ0) is 14.3. The fraction of sp³-hybridized carbons (Fsp3) is 0.533. The number of hydrogen-bond acceptors (Lipinski definition) is 2. The molecule has 3 rings (SSSR count). The van der Waals surface area contributed by atoms with E-state index >= 15 is 0 Å². The first-order chi connectivity index (χ1) is 9.60. The predicted molar refractivity (Wildman–Crippen MR) is 85.4 cm³/mol. The minimum absolute atomic E-state index is 0.0904. The molecule has 1 aromatic heterocycles. The molecule has 1 unspecified atom stereocenters. The molecule has 3 nitrogen and oxygen atoms in total. The highest BCUT2D eigenvalue weighted by molar-refractivity contribution is 9.10. The zero-order valence-corrected chi connectivity index (χ0v) is 14.0. The molecule has 1 heterocycles. The number of fused-ring (bicyclic) bond motifs is 1. The van der Waals surface area contributed by atoms with Crippen LogP contribution in [0.5, 0.6) is 0 Å². The molecule has 0 saturated heterocycles. The van der Waals surface area contributed by atoms with Crippen LogP contribution in [-0.2, 0) is 4.74 Å². The lowest BCUT2D eigenvalue weighted by Crippen LogP contribution is -2.34. The number of aromatic nitrogens is 2. The van der Waals surface area contributed by atoms with Gasteiger partial charge in [-0.25, -0.2) is 4.98 Å². The van der Waals surface area contributed by atoms with Crippen molar-refractivity contribution < 1.29 is 4.74 Å². The van der Waals surface area contributed by atoms with E-state index in [-0.39, 0.29) is 5.38 Å². The topological polar surface area (TPSA) is 27.1 Å². The van der Waals surface area contributed by atoms with Gasteiger partial charge < -0.3 is 9.30 Å². The summed E-state index contributed by atoms with van der Waals surface area (Å²) in [6, 6.07) is 6.67.